The molecule has 0 saturated heterocycles. The summed E-state index contributed by atoms with van der Waals surface area (Å²) < 4.78 is 7.75. The standard InChI is InChI=1S/C8H7BrClN3O/c1-14-4-13-2-5(9)6-7(10)11-3-12-8(6)13/h2-3H,4H2,1H3. The van der Waals surface area contributed by atoms with Gasteiger partial charge in [-0.2, -0.15) is 0 Å². The first-order valence-electron chi connectivity index (χ1n) is 3.88. The first-order valence-corrected chi connectivity index (χ1v) is 5.05. The maximum atomic E-state index is 5.94. The zero-order valence-corrected chi connectivity index (χ0v) is 9.71. The Labute approximate surface area is 94.0 Å². The van der Waals surface area contributed by atoms with Gasteiger partial charge in [-0.1, -0.05) is 11.6 Å². The number of ether oxygens (including phenoxy) is 1. The van der Waals surface area contributed by atoms with Crippen LogP contribution < -0.4 is 0 Å². The molecule has 0 aliphatic carbocycles. The van der Waals surface area contributed by atoms with E-state index in [1.165, 1.54) is 6.33 Å². The maximum absolute atomic E-state index is 5.94. The molecule has 2 heterocycles. The van der Waals surface area contributed by atoms with E-state index in [2.05, 4.69) is 25.9 Å². The Balaban J connectivity index is 2.71. The van der Waals surface area contributed by atoms with Crippen molar-refractivity contribution in [2.24, 2.45) is 0 Å². The highest BCUT2D eigenvalue weighted by Gasteiger charge is 2.11. The minimum absolute atomic E-state index is 0.440. The Bertz CT molecular complexity index is 471. The van der Waals surface area contributed by atoms with E-state index >= 15 is 0 Å². The van der Waals surface area contributed by atoms with Gasteiger partial charge in [0.25, 0.3) is 0 Å². The van der Waals surface area contributed by atoms with E-state index in [1.54, 1.807) is 7.11 Å². The van der Waals surface area contributed by atoms with Gasteiger partial charge in [-0.05, 0) is 15.9 Å². The van der Waals surface area contributed by atoms with Gasteiger partial charge in [0.2, 0.25) is 0 Å². The number of fused-ring (bicyclic) bond motifs is 1. The first-order chi connectivity index (χ1) is 6.74. The zero-order valence-electron chi connectivity index (χ0n) is 7.37. The molecule has 0 saturated carbocycles. The molecule has 2 aromatic rings. The molecule has 2 rings (SSSR count). The van der Waals surface area contributed by atoms with Gasteiger partial charge in [0.1, 0.15) is 23.9 Å². The molecule has 2 aromatic heterocycles. The summed E-state index contributed by atoms with van der Waals surface area (Å²) in [5.41, 5.74) is 0.763. The summed E-state index contributed by atoms with van der Waals surface area (Å²) in [4.78, 5) is 8.05. The third-order valence-electron chi connectivity index (χ3n) is 1.83. The predicted molar refractivity (Wildman–Crippen MR) is 57.2 cm³/mol. The molecule has 0 aromatic carbocycles. The van der Waals surface area contributed by atoms with E-state index < -0.39 is 0 Å². The third-order valence-corrected chi connectivity index (χ3v) is 2.72. The number of nitrogens with zero attached hydrogens (tertiary/aromatic N) is 3. The summed E-state index contributed by atoms with van der Waals surface area (Å²) in [6.07, 6.45) is 3.30. The van der Waals surface area contributed by atoms with Gasteiger partial charge in [0, 0.05) is 17.8 Å². The van der Waals surface area contributed by atoms with Crippen LogP contribution >= 0.6 is 27.5 Å². The van der Waals surface area contributed by atoms with Crippen LogP contribution in [-0.4, -0.2) is 21.6 Å². The van der Waals surface area contributed by atoms with Crippen LogP contribution in [0.3, 0.4) is 0 Å². The minimum Gasteiger partial charge on any atom is -0.364 e. The molecule has 0 aliphatic heterocycles. The lowest BCUT2D eigenvalue weighted by Gasteiger charge is -2.01. The smallest absolute Gasteiger partial charge is 0.147 e. The molecule has 0 atom stereocenters. The van der Waals surface area contributed by atoms with E-state index in [0.717, 1.165) is 15.5 Å². The molecular weight excluding hydrogens is 269 g/mol. The molecule has 0 bridgehead atoms. The van der Waals surface area contributed by atoms with Gasteiger partial charge in [-0.25, -0.2) is 9.97 Å². The van der Waals surface area contributed by atoms with E-state index in [0.29, 0.717) is 11.9 Å². The summed E-state index contributed by atoms with van der Waals surface area (Å²) >= 11 is 9.34. The van der Waals surface area contributed by atoms with Crippen LogP contribution in [-0.2, 0) is 11.5 Å². The van der Waals surface area contributed by atoms with Gasteiger partial charge < -0.3 is 9.30 Å². The Hall–Kier alpha value is -0.650. The van der Waals surface area contributed by atoms with Crippen molar-refractivity contribution in [2.45, 2.75) is 6.73 Å². The molecule has 0 fully saturated rings. The molecule has 6 heteroatoms. The molecule has 0 aliphatic rings. The van der Waals surface area contributed by atoms with Gasteiger partial charge >= 0.3 is 0 Å². The Morgan fingerprint density at radius 2 is 2.36 bits per heavy atom. The second kappa shape index (κ2) is 3.84. The summed E-state index contributed by atoms with van der Waals surface area (Å²) in [5.74, 6) is 0. The average molecular weight is 277 g/mol. The van der Waals surface area contributed by atoms with Crippen LogP contribution in [0, 0.1) is 0 Å². The van der Waals surface area contributed by atoms with Gasteiger partial charge in [0.05, 0.1) is 5.39 Å². The van der Waals surface area contributed by atoms with Gasteiger partial charge in [-0.15, -0.1) is 0 Å². The van der Waals surface area contributed by atoms with Crippen LogP contribution in [0.2, 0.25) is 5.15 Å². The second-order valence-corrected chi connectivity index (χ2v) is 3.94. The fraction of sp³-hybridized carbons (Fsp3) is 0.250. The van der Waals surface area contributed by atoms with Crippen LogP contribution in [0.25, 0.3) is 11.0 Å². The monoisotopic (exact) mass is 275 g/mol. The second-order valence-electron chi connectivity index (χ2n) is 2.73. The molecule has 74 valence electrons. The maximum Gasteiger partial charge on any atom is 0.147 e. The molecule has 0 radical (unpaired) electrons. The van der Waals surface area contributed by atoms with E-state index in [4.69, 9.17) is 16.3 Å². The molecule has 0 spiro atoms. The first kappa shape index (κ1) is 9.89. The van der Waals surface area contributed by atoms with Crippen molar-refractivity contribution < 1.29 is 4.74 Å². The zero-order chi connectivity index (χ0) is 10.1. The normalized spacial score (nSPS) is 11.1. The summed E-state index contributed by atoms with van der Waals surface area (Å²) in [6.45, 7) is 0.440. The van der Waals surface area contributed by atoms with Crippen molar-refractivity contribution in [2.75, 3.05) is 7.11 Å². The van der Waals surface area contributed by atoms with Crippen molar-refractivity contribution in [3.8, 4) is 0 Å². The lowest BCUT2D eigenvalue weighted by atomic mass is 10.4. The number of rotatable bonds is 2. The topological polar surface area (TPSA) is 39.9 Å². The molecule has 0 amide bonds. The SMILES string of the molecule is COCn1cc(Br)c2c(Cl)ncnc21. The molecular formula is C8H7BrClN3O. The highest BCUT2D eigenvalue weighted by molar-refractivity contribution is 9.10. The quantitative estimate of drug-likeness (QED) is 0.791. The fourth-order valence-corrected chi connectivity index (χ4v) is 2.24. The van der Waals surface area contributed by atoms with Gasteiger partial charge in [-0.3, -0.25) is 0 Å². The minimum atomic E-state index is 0.440. The molecule has 0 N–H and O–H groups in total. The fourth-order valence-electron chi connectivity index (χ4n) is 1.28. The van der Waals surface area contributed by atoms with Crippen molar-refractivity contribution in [3.63, 3.8) is 0 Å². The van der Waals surface area contributed by atoms with E-state index in [9.17, 15) is 0 Å². The lowest BCUT2D eigenvalue weighted by molar-refractivity contribution is 0.134. The number of methoxy groups -OCH3 is 1. The number of halogens is 2. The summed E-state index contributed by atoms with van der Waals surface area (Å²) in [7, 11) is 1.63. The van der Waals surface area contributed by atoms with Crippen molar-refractivity contribution >= 4 is 38.6 Å². The van der Waals surface area contributed by atoms with Crippen molar-refractivity contribution in [3.05, 3.63) is 22.1 Å². The Kier molecular flexibility index (Phi) is 2.71. The molecule has 4 nitrogen and oxygen atoms in total. The third kappa shape index (κ3) is 1.51. The largest absolute Gasteiger partial charge is 0.364 e. The highest BCUT2D eigenvalue weighted by Crippen LogP contribution is 2.29. The van der Waals surface area contributed by atoms with Crippen LogP contribution in [0.5, 0.6) is 0 Å². The number of hydrogen-bond acceptors (Lipinski definition) is 3. The van der Waals surface area contributed by atoms with Crippen molar-refractivity contribution in [1.29, 1.82) is 0 Å². The number of aromatic nitrogens is 3. The van der Waals surface area contributed by atoms with E-state index in [1.807, 2.05) is 10.8 Å². The molecule has 0 unspecified atom stereocenters. The van der Waals surface area contributed by atoms with Crippen LogP contribution in [0.1, 0.15) is 0 Å². The average Bonchev–Trinajstić information content (AvgIpc) is 2.46. The van der Waals surface area contributed by atoms with Gasteiger partial charge in [0.15, 0.2) is 0 Å². The van der Waals surface area contributed by atoms with Crippen molar-refractivity contribution in [1.82, 2.24) is 14.5 Å². The molecule has 14 heavy (non-hydrogen) atoms. The van der Waals surface area contributed by atoms with E-state index in [-0.39, 0.29) is 0 Å². The van der Waals surface area contributed by atoms with Crippen LogP contribution in [0.15, 0.2) is 17.0 Å². The number of hydrogen-bond donors (Lipinski definition) is 0. The summed E-state index contributed by atoms with van der Waals surface area (Å²) in [6, 6.07) is 0. The lowest BCUT2D eigenvalue weighted by Crippen LogP contribution is -1.98. The Morgan fingerprint density at radius 3 is 3.07 bits per heavy atom. The predicted octanol–water partition coefficient (Wildman–Crippen LogP) is 2.45. The highest BCUT2D eigenvalue weighted by atomic mass is 79.9. The Morgan fingerprint density at radius 1 is 1.57 bits per heavy atom. The summed E-state index contributed by atoms with van der Waals surface area (Å²) in [5, 5.41) is 1.25. The van der Waals surface area contributed by atoms with Crippen LogP contribution in [0.4, 0.5) is 0 Å².